The third-order valence-electron chi connectivity index (χ3n) is 4.95. The van der Waals surface area contributed by atoms with Crippen molar-refractivity contribution in [2.75, 3.05) is 33.4 Å². The van der Waals surface area contributed by atoms with Crippen LogP contribution in [0.15, 0.2) is 60.7 Å². The summed E-state index contributed by atoms with van der Waals surface area (Å²) in [6, 6.07) is 20.9. The SMILES string of the molecule is CN(Cc1ccccc1)CC1(CF)CCN(Cc2ccccc2)C1. The van der Waals surface area contributed by atoms with Gasteiger partial charge < -0.3 is 4.90 Å². The minimum atomic E-state index is -0.239. The maximum absolute atomic E-state index is 13.9. The molecule has 1 heterocycles. The second kappa shape index (κ2) is 7.91. The van der Waals surface area contributed by atoms with Gasteiger partial charge in [0, 0.05) is 31.6 Å². The lowest BCUT2D eigenvalue weighted by Gasteiger charge is -2.31. The van der Waals surface area contributed by atoms with Crippen molar-refractivity contribution in [1.29, 1.82) is 0 Å². The lowest BCUT2D eigenvalue weighted by molar-refractivity contribution is 0.130. The fourth-order valence-electron chi connectivity index (χ4n) is 3.81. The number of benzene rings is 2. The fourth-order valence-corrected chi connectivity index (χ4v) is 3.81. The zero-order chi connectivity index (χ0) is 16.8. The molecule has 1 aliphatic heterocycles. The second-order valence-corrected chi connectivity index (χ2v) is 7.24. The summed E-state index contributed by atoms with van der Waals surface area (Å²) in [7, 11) is 2.10. The number of hydrogen-bond acceptors (Lipinski definition) is 2. The molecule has 128 valence electrons. The van der Waals surface area contributed by atoms with Gasteiger partial charge in [-0.05, 0) is 31.1 Å². The first-order valence-corrected chi connectivity index (χ1v) is 8.74. The Bertz CT molecular complexity index is 616. The van der Waals surface area contributed by atoms with E-state index < -0.39 is 0 Å². The van der Waals surface area contributed by atoms with E-state index in [4.69, 9.17) is 0 Å². The Morgan fingerprint density at radius 2 is 1.62 bits per heavy atom. The number of halogens is 1. The monoisotopic (exact) mass is 326 g/mol. The Balaban J connectivity index is 1.57. The van der Waals surface area contributed by atoms with Gasteiger partial charge in [-0.3, -0.25) is 9.29 Å². The van der Waals surface area contributed by atoms with Crippen LogP contribution in [0.5, 0.6) is 0 Å². The van der Waals surface area contributed by atoms with Gasteiger partial charge in [0.1, 0.15) is 0 Å². The first kappa shape index (κ1) is 17.1. The first-order chi connectivity index (χ1) is 11.7. The van der Waals surface area contributed by atoms with Crippen LogP contribution < -0.4 is 0 Å². The molecule has 2 aromatic carbocycles. The van der Waals surface area contributed by atoms with Crippen molar-refractivity contribution < 1.29 is 4.39 Å². The third kappa shape index (κ3) is 4.43. The topological polar surface area (TPSA) is 6.48 Å². The van der Waals surface area contributed by atoms with Gasteiger partial charge in [0.25, 0.3) is 0 Å². The molecule has 0 saturated carbocycles. The molecular weight excluding hydrogens is 299 g/mol. The Hall–Kier alpha value is -1.71. The molecule has 3 heteroatoms. The minimum absolute atomic E-state index is 0.224. The number of likely N-dealkylation sites (tertiary alicyclic amines) is 1. The molecule has 3 rings (SSSR count). The lowest BCUT2D eigenvalue weighted by Crippen LogP contribution is -2.39. The van der Waals surface area contributed by atoms with Crippen molar-refractivity contribution in [3.8, 4) is 0 Å². The summed E-state index contributed by atoms with van der Waals surface area (Å²) in [5.41, 5.74) is 2.37. The summed E-state index contributed by atoms with van der Waals surface area (Å²) >= 11 is 0. The summed E-state index contributed by atoms with van der Waals surface area (Å²) in [6.45, 7) is 4.20. The van der Waals surface area contributed by atoms with Gasteiger partial charge in [-0.15, -0.1) is 0 Å². The van der Waals surface area contributed by atoms with Crippen LogP contribution in [0.2, 0.25) is 0 Å². The van der Waals surface area contributed by atoms with Gasteiger partial charge in [0.2, 0.25) is 0 Å². The van der Waals surface area contributed by atoms with Gasteiger partial charge in [-0.1, -0.05) is 60.7 Å². The molecule has 0 bridgehead atoms. The molecule has 0 aliphatic carbocycles. The molecule has 1 fully saturated rings. The zero-order valence-electron chi connectivity index (χ0n) is 14.5. The molecule has 24 heavy (non-hydrogen) atoms. The van der Waals surface area contributed by atoms with E-state index in [1.165, 1.54) is 11.1 Å². The number of hydrogen-bond donors (Lipinski definition) is 0. The smallest absolute Gasteiger partial charge is 0.0975 e. The highest BCUT2D eigenvalue weighted by molar-refractivity contribution is 5.15. The van der Waals surface area contributed by atoms with Gasteiger partial charge in [0.05, 0.1) is 6.67 Å². The zero-order valence-corrected chi connectivity index (χ0v) is 14.5. The van der Waals surface area contributed by atoms with E-state index in [0.717, 1.165) is 39.1 Å². The van der Waals surface area contributed by atoms with Gasteiger partial charge in [-0.25, -0.2) is 0 Å². The molecular formula is C21H27FN2. The summed E-state index contributed by atoms with van der Waals surface area (Å²) in [6.07, 6.45) is 0.940. The van der Waals surface area contributed by atoms with Gasteiger partial charge >= 0.3 is 0 Å². The first-order valence-electron chi connectivity index (χ1n) is 8.74. The summed E-state index contributed by atoms with van der Waals surface area (Å²) < 4.78 is 13.9. The van der Waals surface area contributed by atoms with Crippen LogP contribution in [0.3, 0.4) is 0 Å². The highest BCUT2D eigenvalue weighted by Gasteiger charge is 2.39. The molecule has 0 radical (unpaired) electrons. The Labute approximate surface area is 144 Å². The average Bonchev–Trinajstić information content (AvgIpc) is 2.99. The van der Waals surface area contributed by atoms with Crippen molar-refractivity contribution in [2.45, 2.75) is 19.5 Å². The van der Waals surface area contributed by atoms with Gasteiger partial charge in [-0.2, -0.15) is 0 Å². The van der Waals surface area contributed by atoms with Crippen LogP contribution in [0, 0.1) is 5.41 Å². The highest BCUT2D eigenvalue weighted by Crippen LogP contribution is 2.33. The van der Waals surface area contributed by atoms with E-state index in [2.05, 4.69) is 65.4 Å². The predicted molar refractivity (Wildman–Crippen MR) is 97.5 cm³/mol. The number of rotatable bonds is 7. The van der Waals surface area contributed by atoms with Crippen molar-refractivity contribution >= 4 is 0 Å². The second-order valence-electron chi connectivity index (χ2n) is 7.24. The Morgan fingerprint density at radius 3 is 2.25 bits per heavy atom. The highest BCUT2D eigenvalue weighted by atomic mass is 19.1. The molecule has 0 amide bonds. The normalized spacial score (nSPS) is 21.5. The number of nitrogens with zero attached hydrogens (tertiary/aromatic N) is 2. The summed E-state index contributed by atoms with van der Waals surface area (Å²) in [4.78, 5) is 4.66. The van der Waals surface area contributed by atoms with E-state index in [1.54, 1.807) is 0 Å². The Morgan fingerprint density at radius 1 is 1.00 bits per heavy atom. The molecule has 0 spiro atoms. The van der Waals surface area contributed by atoms with Crippen molar-refractivity contribution in [3.05, 3.63) is 71.8 Å². The van der Waals surface area contributed by atoms with Crippen LogP contribution in [0.1, 0.15) is 17.5 Å². The van der Waals surface area contributed by atoms with Crippen LogP contribution in [0.4, 0.5) is 4.39 Å². The number of alkyl halides is 1. The fraction of sp³-hybridized carbons (Fsp3) is 0.429. The van der Waals surface area contributed by atoms with E-state index in [-0.39, 0.29) is 12.1 Å². The summed E-state index contributed by atoms with van der Waals surface area (Å²) in [5, 5.41) is 0. The average molecular weight is 326 g/mol. The molecule has 1 aliphatic rings. The molecule has 0 N–H and O–H groups in total. The maximum Gasteiger partial charge on any atom is 0.0975 e. The van der Waals surface area contributed by atoms with Crippen LogP contribution >= 0.6 is 0 Å². The molecule has 1 unspecified atom stereocenters. The largest absolute Gasteiger partial charge is 0.301 e. The quantitative estimate of drug-likeness (QED) is 0.759. The predicted octanol–water partition coefficient (Wildman–Crippen LogP) is 3.98. The molecule has 2 aromatic rings. The van der Waals surface area contributed by atoms with Crippen LogP contribution in [-0.4, -0.2) is 43.2 Å². The Kier molecular flexibility index (Phi) is 5.64. The van der Waals surface area contributed by atoms with Gasteiger partial charge in [0.15, 0.2) is 0 Å². The van der Waals surface area contributed by atoms with E-state index >= 15 is 0 Å². The molecule has 0 aromatic heterocycles. The minimum Gasteiger partial charge on any atom is -0.301 e. The van der Waals surface area contributed by atoms with Crippen molar-refractivity contribution in [1.82, 2.24) is 9.80 Å². The lowest BCUT2D eigenvalue weighted by atomic mass is 9.88. The molecule has 1 saturated heterocycles. The maximum atomic E-state index is 13.9. The summed E-state index contributed by atoms with van der Waals surface area (Å²) in [5.74, 6) is 0. The standard InChI is InChI=1S/C21H27FN2/c1-23(14-19-8-4-2-5-9-19)17-21(16-22)12-13-24(18-21)15-20-10-6-3-7-11-20/h2-11H,12-18H2,1H3. The van der Waals surface area contributed by atoms with Crippen LogP contribution in [-0.2, 0) is 13.1 Å². The van der Waals surface area contributed by atoms with E-state index in [0.29, 0.717) is 0 Å². The van der Waals surface area contributed by atoms with Crippen molar-refractivity contribution in [3.63, 3.8) is 0 Å². The molecule has 1 atom stereocenters. The van der Waals surface area contributed by atoms with Crippen molar-refractivity contribution in [2.24, 2.45) is 5.41 Å². The van der Waals surface area contributed by atoms with Crippen LogP contribution in [0.25, 0.3) is 0 Å². The third-order valence-corrected chi connectivity index (χ3v) is 4.95. The molecule has 2 nitrogen and oxygen atoms in total. The van der Waals surface area contributed by atoms with E-state index in [9.17, 15) is 4.39 Å². The van der Waals surface area contributed by atoms with E-state index in [1.807, 2.05) is 12.1 Å².